The third kappa shape index (κ3) is 4.56. The van der Waals surface area contributed by atoms with Gasteiger partial charge in [-0.25, -0.2) is 0 Å². The number of Topliss-reactive ketones (excluding diaryl/α,β-unsaturated/α-hetero) is 1. The van der Waals surface area contributed by atoms with Gasteiger partial charge in [-0.1, -0.05) is 66.8 Å². The van der Waals surface area contributed by atoms with Crippen LogP contribution < -0.4 is 0 Å². The van der Waals surface area contributed by atoms with Gasteiger partial charge >= 0.3 is 0 Å². The maximum absolute atomic E-state index is 13.4. The number of benzene rings is 2. The van der Waals surface area contributed by atoms with Crippen LogP contribution in [0.25, 0.3) is 0 Å². The number of carbonyl (C=O) groups is 1. The summed E-state index contributed by atoms with van der Waals surface area (Å²) in [7, 11) is 1.23. The average Bonchev–Trinajstić information content (AvgIpc) is 2.88. The zero-order chi connectivity index (χ0) is 30.9. The number of ketones is 1. The summed E-state index contributed by atoms with van der Waals surface area (Å²) in [5.74, 6) is -1.42. The average molecular weight is 353 g/mol. The molecule has 1 aliphatic rings. The molecule has 2 aromatic carbocycles. The Bertz CT molecular complexity index is 1320. The molecule has 3 atom stereocenters. The van der Waals surface area contributed by atoms with E-state index in [2.05, 4.69) is 0 Å². The number of rotatable bonds is 6. The van der Waals surface area contributed by atoms with E-state index in [4.69, 9.17) is 20.6 Å². The molecule has 3 rings (SSSR count). The molecule has 0 unspecified atom stereocenters. The van der Waals surface area contributed by atoms with Gasteiger partial charge < -0.3 is 5.11 Å². The molecule has 1 N–H and O–H groups in total. The van der Waals surface area contributed by atoms with E-state index in [1.165, 1.54) is 7.05 Å². The van der Waals surface area contributed by atoms with Gasteiger partial charge in [-0.3, -0.25) is 9.69 Å². The molecule has 2 aromatic rings. The summed E-state index contributed by atoms with van der Waals surface area (Å²) >= 11 is 0. The van der Waals surface area contributed by atoms with Crippen LogP contribution in [0.5, 0.6) is 0 Å². The maximum Gasteiger partial charge on any atom is 0.164 e. The summed E-state index contributed by atoms with van der Waals surface area (Å²) < 4.78 is 122. The first-order chi connectivity index (χ1) is 18.1. The summed E-state index contributed by atoms with van der Waals surface area (Å²) in [4.78, 5) is 14.5. The van der Waals surface area contributed by atoms with Crippen molar-refractivity contribution in [2.45, 2.75) is 50.2 Å². The second-order valence-electron chi connectivity index (χ2n) is 5.59. The maximum atomic E-state index is 13.4. The first-order valence-electron chi connectivity index (χ1n) is 15.3. The molecule has 132 valence electrons. The van der Waals surface area contributed by atoms with E-state index in [0.717, 1.165) is 4.90 Å². The lowest BCUT2D eigenvalue weighted by Crippen LogP contribution is -2.45. The van der Waals surface area contributed by atoms with Gasteiger partial charge in [0.25, 0.3) is 0 Å². The molecular weight excluding hydrogens is 310 g/mol. The van der Waals surface area contributed by atoms with Gasteiger partial charge in [0, 0.05) is 29.5 Å². The fourth-order valence-corrected chi connectivity index (χ4v) is 2.66. The Hall–Kier alpha value is -1.97. The minimum absolute atomic E-state index is 0.0361. The molecule has 0 amide bonds. The molecule has 1 saturated heterocycles. The van der Waals surface area contributed by atoms with E-state index in [-0.39, 0.29) is 19.3 Å². The third-order valence-corrected chi connectivity index (χ3v) is 4.00. The summed E-state index contributed by atoms with van der Waals surface area (Å²) in [5, 5.41) is 11.1. The summed E-state index contributed by atoms with van der Waals surface area (Å²) in [6.45, 7) is 0. The van der Waals surface area contributed by atoms with Gasteiger partial charge in [-0.15, -0.1) is 0 Å². The van der Waals surface area contributed by atoms with Crippen molar-refractivity contribution < 1.29 is 30.5 Å². The number of aliphatic hydroxyl groups is 1. The van der Waals surface area contributed by atoms with Crippen molar-refractivity contribution >= 4 is 5.78 Å². The summed E-state index contributed by atoms with van der Waals surface area (Å²) in [6.07, 6.45) is -9.43. The number of hydrogen-bond donors (Lipinski definition) is 1. The van der Waals surface area contributed by atoms with Crippen molar-refractivity contribution in [2.24, 2.45) is 0 Å². The van der Waals surface area contributed by atoms with Gasteiger partial charge in [-0.2, -0.15) is 0 Å². The molecule has 0 spiro atoms. The molecule has 25 heavy (non-hydrogen) atoms. The second kappa shape index (κ2) is 8.41. The number of piperidine rings is 1. The number of nitrogens with zero attached hydrogens (tertiary/aromatic N) is 1. The molecular formula is C22H27NO2. The van der Waals surface area contributed by atoms with Crippen LogP contribution in [0.3, 0.4) is 0 Å². The number of hydrogen-bond acceptors (Lipinski definition) is 3. The quantitative estimate of drug-likeness (QED) is 0.791. The first-order valence-corrected chi connectivity index (χ1v) is 7.79. The highest BCUT2D eigenvalue weighted by molar-refractivity contribution is 5.96. The fraction of sp³-hybridized carbons (Fsp3) is 0.409. The van der Waals surface area contributed by atoms with E-state index in [9.17, 15) is 9.90 Å². The van der Waals surface area contributed by atoms with Crippen LogP contribution in [0.15, 0.2) is 60.4 Å². The minimum atomic E-state index is -3.41. The topological polar surface area (TPSA) is 40.5 Å². The van der Waals surface area contributed by atoms with Gasteiger partial charge in [0.1, 0.15) is 0 Å². The lowest BCUT2D eigenvalue weighted by molar-refractivity contribution is 0.0549. The fourth-order valence-electron chi connectivity index (χ4n) is 2.66. The molecule has 1 heterocycles. The van der Waals surface area contributed by atoms with E-state index >= 15 is 0 Å². The number of carbonyl (C=O) groups excluding carboxylic acids is 1. The molecule has 0 radical (unpaired) electrons. The smallest absolute Gasteiger partial charge is 0.164 e. The lowest BCUT2D eigenvalue weighted by atomic mass is 9.88. The van der Waals surface area contributed by atoms with Crippen molar-refractivity contribution in [1.29, 1.82) is 0 Å². The highest BCUT2D eigenvalue weighted by Gasteiger charge is 2.30. The Morgan fingerprint density at radius 1 is 1.20 bits per heavy atom. The zero-order valence-corrected chi connectivity index (χ0v) is 13.6. The van der Waals surface area contributed by atoms with Crippen molar-refractivity contribution in [3.8, 4) is 0 Å². The molecule has 3 heteroatoms. The standard InChI is InChI=1S/C22H27NO2/c1-23-19(15-21(24)17-9-4-2-5-10-17)13-8-14-20(23)16-22(25)18-11-6-3-7-12-18/h2-7,9-12,19-21,24H,8,13-16H2,1H3/t19-,20+,21+/m0/s1/i2D,3D,4D,5D,6D,7D,9D,10D,11D,12D,15D2,16D2,21D. The van der Waals surface area contributed by atoms with Gasteiger partial charge in [0.05, 0.1) is 21.2 Å². The largest absolute Gasteiger partial charge is 0.388 e. The Balaban J connectivity index is 2.08. The molecule has 0 bridgehead atoms. The normalized spacial score (nSPS) is 33.4. The van der Waals surface area contributed by atoms with Crippen LogP contribution in [0.1, 0.15) is 74.6 Å². The van der Waals surface area contributed by atoms with Crippen LogP contribution in [0, 0.1) is 0 Å². The molecule has 0 aromatic heterocycles. The Labute approximate surface area is 171 Å². The highest BCUT2D eigenvalue weighted by atomic mass is 16.3. The van der Waals surface area contributed by atoms with Gasteiger partial charge in [0.15, 0.2) is 5.78 Å². The lowest BCUT2D eigenvalue weighted by Gasteiger charge is -2.40. The van der Waals surface area contributed by atoms with Crippen LogP contribution in [-0.2, 0) is 0 Å². The zero-order valence-electron chi connectivity index (χ0n) is 28.6. The molecule has 1 aliphatic heterocycles. The number of likely N-dealkylation sites (tertiary alicyclic amines) is 1. The Kier molecular flexibility index (Phi) is 2.35. The predicted molar refractivity (Wildman–Crippen MR) is 101 cm³/mol. The molecule has 1 fully saturated rings. The first kappa shape index (κ1) is 6.98. The van der Waals surface area contributed by atoms with Crippen molar-refractivity contribution in [2.75, 3.05) is 7.05 Å². The summed E-state index contributed by atoms with van der Waals surface area (Å²) in [6, 6.07) is -11.7. The van der Waals surface area contributed by atoms with E-state index in [1.54, 1.807) is 0 Å². The molecule has 3 nitrogen and oxygen atoms in total. The second-order valence-corrected chi connectivity index (χ2v) is 5.59. The highest BCUT2D eigenvalue weighted by Crippen LogP contribution is 2.30. The van der Waals surface area contributed by atoms with E-state index in [0.29, 0.717) is 0 Å². The van der Waals surface area contributed by atoms with Crippen molar-refractivity contribution in [3.05, 3.63) is 71.6 Å². The Morgan fingerprint density at radius 3 is 2.48 bits per heavy atom. The van der Waals surface area contributed by atoms with Crippen LogP contribution in [0.4, 0.5) is 0 Å². The Morgan fingerprint density at radius 2 is 1.80 bits per heavy atom. The minimum Gasteiger partial charge on any atom is -0.388 e. The van der Waals surface area contributed by atoms with Crippen molar-refractivity contribution in [3.63, 3.8) is 0 Å². The molecule has 0 saturated carbocycles. The van der Waals surface area contributed by atoms with E-state index in [1.807, 2.05) is 0 Å². The van der Waals surface area contributed by atoms with E-state index < -0.39 is 108 Å². The predicted octanol–water partition coefficient (Wildman–Crippen LogP) is 4.24. The van der Waals surface area contributed by atoms with Gasteiger partial charge in [0.2, 0.25) is 0 Å². The van der Waals surface area contributed by atoms with Crippen LogP contribution in [0.2, 0.25) is 0 Å². The third-order valence-electron chi connectivity index (χ3n) is 4.00. The summed E-state index contributed by atoms with van der Waals surface area (Å²) in [5.41, 5.74) is -1.87. The van der Waals surface area contributed by atoms with Crippen molar-refractivity contribution in [1.82, 2.24) is 4.90 Å². The molecule has 0 aliphatic carbocycles. The van der Waals surface area contributed by atoms with Gasteiger partial charge in [-0.05, 0) is 31.8 Å². The van der Waals surface area contributed by atoms with Crippen LogP contribution in [-0.4, -0.2) is 34.9 Å². The SMILES string of the molecule is [2H]c1c([2H])c([2H])c(C(=O)C([2H])([2H])[C@H]2CCC[C@@H](C([2H])([2H])[C@@]([2H])(O)c3c([2H])c([2H])c([2H])c([2H])c3[2H])N2C)c([2H])c1[2H]. The monoisotopic (exact) mass is 352 g/mol. The van der Waals surface area contributed by atoms with Crippen LogP contribution >= 0.6 is 0 Å².